The van der Waals surface area contributed by atoms with Crippen LogP contribution in [0.25, 0.3) is 5.69 Å². The number of urea groups is 1. The molecule has 0 aliphatic heterocycles. The van der Waals surface area contributed by atoms with E-state index >= 15 is 0 Å². The van der Waals surface area contributed by atoms with Crippen molar-refractivity contribution in [3.05, 3.63) is 42.2 Å². The molecular weight excluding hydrogens is 284 g/mol. The van der Waals surface area contributed by atoms with Gasteiger partial charge in [-0.25, -0.2) is 9.48 Å². The summed E-state index contributed by atoms with van der Waals surface area (Å²) in [5, 5.41) is 15.7. The molecule has 0 aliphatic carbocycles. The highest BCUT2D eigenvalue weighted by atomic mass is 16.4. The number of rotatable bonds is 5. The zero-order valence-corrected chi connectivity index (χ0v) is 12.5. The number of amides is 2. The molecule has 0 atom stereocenters. The Morgan fingerprint density at radius 3 is 2.68 bits per heavy atom. The molecule has 1 aromatic carbocycles. The van der Waals surface area contributed by atoms with Gasteiger partial charge in [-0.3, -0.25) is 4.79 Å². The number of aromatic nitrogens is 2. The molecule has 1 aromatic heterocycles. The molecule has 0 radical (unpaired) electrons. The number of benzene rings is 1. The van der Waals surface area contributed by atoms with E-state index in [1.807, 2.05) is 31.2 Å². The molecule has 1 heterocycles. The van der Waals surface area contributed by atoms with Crippen LogP contribution < -0.4 is 5.32 Å². The molecule has 2 N–H and O–H groups in total. The Kier molecular flexibility index (Phi) is 4.77. The number of aryl methyl sites for hydroxylation is 1. The molecule has 7 heteroatoms. The zero-order chi connectivity index (χ0) is 16.1. The van der Waals surface area contributed by atoms with Crippen molar-refractivity contribution >= 4 is 17.7 Å². The lowest BCUT2D eigenvalue weighted by Gasteiger charge is -2.18. The standard InChI is InChI=1S/C15H18N4O3/c1-11-7-9-16-19(11)13-6-4-3-5-12(13)17-15(22)18(2)10-8-14(20)21/h3-7,9H,8,10H2,1-2H3,(H,17,22)(H,20,21). The normalized spacial score (nSPS) is 10.3. The van der Waals surface area contributed by atoms with Crippen molar-refractivity contribution in [2.45, 2.75) is 13.3 Å². The van der Waals surface area contributed by atoms with Gasteiger partial charge in [-0.15, -0.1) is 0 Å². The molecule has 2 rings (SSSR count). The molecule has 0 bridgehead atoms. The lowest BCUT2D eigenvalue weighted by molar-refractivity contribution is -0.137. The van der Waals surface area contributed by atoms with E-state index in [1.54, 1.807) is 24.0 Å². The number of anilines is 1. The minimum absolute atomic E-state index is 0.0934. The second kappa shape index (κ2) is 6.75. The molecule has 7 nitrogen and oxygen atoms in total. The number of carbonyl (C=O) groups is 2. The zero-order valence-electron chi connectivity index (χ0n) is 12.5. The quantitative estimate of drug-likeness (QED) is 0.885. The first kappa shape index (κ1) is 15.6. The predicted molar refractivity (Wildman–Crippen MR) is 82.2 cm³/mol. The molecule has 0 spiro atoms. The highest BCUT2D eigenvalue weighted by Gasteiger charge is 2.13. The number of nitrogens with zero attached hydrogens (tertiary/aromatic N) is 3. The number of nitrogens with one attached hydrogen (secondary N) is 1. The summed E-state index contributed by atoms with van der Waals surface area (Å²) in [5.74, 6) is -0.938. The Bertz CT molecular complexity index is 681. The largest absolute Gasteiger partial charge is 0.481 e. The van der Waals surface area contributed by atoms with Crippen LogP contribution in [-0.4, -0.2) is 45.4 Å². The van der Waals surface area contributed by atoms with Crippen LogP contribution in [0, 0.1) is 6.92 Å². The second-order valence-corrected chi connectivity index (χ2v) is 4.90. The van der Waals surface area contributed by atoms with Gasteiger partial charge in [0.1, 0.15) is 0 Å². The Morgan fingerprint density at radius 1 is 1.32 bits per heavy atom. The van der Waals surface area contributed by atoms with Crippen molar-refractivity contribution in [3.63, 3.8) is 0 Å². The number of aliphatic carboxylic acids is 1. The van der Waals surface area contributed by atoms with Crippen molar-refractivity contribution in [1.82, 2.24) is 14.7 Å². The lowest BCUT2D eigenvalue weighted by atomic mass is 10.2. The fourth-order valence-corrected chi connectivity index (χ4v) is 1.96. The number of carboxylic acid groups (broad SMARTS) is 1. The maximum atomic E-state index is 12.1. The molecule has 2 aromatic rings. The number of hydrogen-bond donors (Lipinski definition) is 2. The smallest absolute Gasteiger partial charge is 0.321 e. The second-order valence-electron chi connectivity index (χ2n) is 4.90. The van der Waals surface area contributed by atoms with Crippen LogP contribution in [0.3, 0.4) is 0 Å². The first-order chi connectivity index (χ1) is 10.5. The molecule has 116 valence electrons. The highest BCUT2D eigenvalue weighted by molar-refractivity contribution is 5.91. The van der Waals surface area contributed by atoms with Crippen LogP contribution in [0.5, 0.6) is 0 Å². The molecule has 22 heavy (non-hydrogen) atoms. The van der Waals surface area contributed by atoms with Crippen molar-refractivity contribution in [1.29, 1.82) is 0 Å². The number of hydrogen-bond acceptors (Lipinski definition) is 3. The molecule has 0 saturated heterocycles. The summed E-state index contributed by atoms with van der Waals surface area (Å²) in [5.41, 5.74) is 2.31. The lowest BCUT2D eigenvalue weighted by Crippen LogP contribution is -2.33. The summed E-state index contributed by atoms with van der Waals surface area (Å²) >= 11 is 0. The van der Waals surface area contributed by atoms with E-state index < -0.39 is 5.97 Å². The van der Waals surface area contributed by atoms with Gasteiger partial charge in [-0.2, -0.15) is 5.10 Å². The molecule has 0 unspecified atom stereocenters. The molecule has 0 saturated carbocycles. The summed E-state index contributed by atoms with van der Waals surface area (Å²) in [4.78, 5) is 24.0. The number of carboxylic acids is 1. The molecule has 0 fully saturated rings. The Hall–Kier alpha value is -2.83. The third-order valence-corrected chi connectivity index (χ3v) is 3.21. The Morgan fingerprint density at radius 2 is 2.05 bits per heavy atom. The van der Waals surface area contributed by atoms with Gasteiger partial charge in [0.25, 0.3) is 0 Å². The first-order valence-electron chi connectivity index (χ1n) is 6.83. The van der Waals surface area contributed by atoms with E-state index in [-0.39, 0.29) is 19.0 Å². The van der Waals surface area contributed by atoms with Crippen molar-refractivity contribution in [2.24, 2.45) is 0 Å². The topological polar surface area (TPSA) is 87.5 Å². The van der Waals surface area contributed by atoms with E-state index in [2.05, 4.69) is 10.4 Å². The third-order valence-electron chi connectivity index (χ3n) is 3.21. The van der Waals surface area contributed by atoms with E-state index in [4.69, 9.17) is 5.11 Å². The predicted octanol–water partition coefficient (Wildman–Crippen LogP) is 2.12. The van der Waals surface area contributed by atoms with Gasteiger partial charge in [-0.1, -0.05) is 12.1 Å². The fraction of sp³-hybridized carbons (Fsp3) is 0.267. The Balaban J connectivity index is 2.15. The van der Waals surface area contributed by atoms with Crippen molar-refractivity contribution in [2.75, 3.05) is 18.9 Å². The number of para-hydroxylation sites is 2. The third kappa shape index (κ3) is 3.63. The summed E-state index contributed by atoms with van der Waals surface area (Å²) in [6.45, 7) is 2.06. The van der Waals surface area contributed by atoms with Crippen LogP contribution in [-0.2, 0) is 4.79 Å². The SMILES string of the molecule is Cc1ccnn1-c1ccccc1NC(=O)N(C)CCC(=O)O. The molecule has 2 amide bonds. The van der Waals surface area contributed by atoms with Crippen LogP contribution >= 0.6 is 0 Å². The highest BCUT2D eigenvalue weighted by Crippen LogP contribution is 2.20. The first-order valence-corrected chi connectivity index (χ1v) is 6.83. The van der Waals surface area contributed by atoms with E-state index in [0.717, 1.165) is 11.4 Å². The minimum atomic E-state index is -0.938. The fourth-order valence-electron chi connectivity index (χ4n) is 1.96. The van der Waals surface area contributed by atoms with Crippen molar-refractivity contribution < 1.29 is 14.7 Å². The summed E-state index contributed by atoms with van der Waals surface area (Å²) in [6, 6.07) is 8.82. The van der Waals surface area contributed by atoms with Gasteiger partial charge in [0, 0.05) is 25.5 Å². The van der Waals surface area contributed by atoms with Gasteiger partial charge < -0.3 is 15.3 Å². The minimum Gasteiger partial charge on any atom is -0.481 e. The Labute approximate surface area is 128 Å². The van der Waals surface area contributed by atoms with Crippen LogP contribution in [0.1, 0.15) is 12.1 Å². The number of carbonyl (C=O) groups excluding carboxylic acids is 1. The van der Waals surface area contributed by atoms with Crippen LogP contribution in [0.4, 0.5) is 10.5 Å². The van der Waals surface area contributed by atoms with Gasteiger partial charge in [0.15, 0.2) is 0 Å². The average molecular weight is 302 g/mol. The summed E-state index contributed by atoms with van der Waals surface area (Å²) < 4.78 is 1.73. The average Bonchev–Trinajstić information content (AvgIpc) is 2.91. The van der Waals surface area contributed by atoms with Gasteiger partial charge in [0.05, 0.1) is 17.8 Å². The van der Waals surface area contributed by atoms with Crippen molar-refractivity contribution in [3.8, 4) is 5.69 Å². The van der Waals surface area contributed by atoms with Gasteiger partial charge in [0.2, 0.25) is 0 Å². The molecule has 0 aliphatic rings. The van der Waals surface area contributed by atoms with Gasteiger partial charge >= 0.3 is 12.0 Å². The maximum Gasteiger partial charge on any atom is 0.321 e. The monoisotopic (exact) mass is 302 g/mol. The molecular formula is C15H18N4O3. The van der Waals surface area contributed by atoms with E-state index in [0.29, 0.717) is 5.69 Å². The van der Waals surface area contributed by atoms with Crippen LogP contribution in [0.2, 0.25) is 0 Å². The van der Waals surface area contributed by atoms with Crippen LogP contribution in [0.15, 0.2) is 36.5 Å². The van der Waals surface area contributed by atoms with E-state index in [9.17, 15) is 9.59 Å². The van der Waals surface area contributed by atoms with E-state index in [1.165, 1.54) is 4.90 Å². The summed E-state index contributed by atoms with van der Waals surface area (Å²) in [7, 11) is 1.56. The van der Waals surface area contributed by atoms with Gasteiger partial charge in [-0.05, 0) is 25.1 Å². The summed E-state index contributed by atoms with van der Waals surface area (Å²) in [6.07, 6.45) is 1.59. The maximum absolute atomic E-state index is 12.1.